The van der Waals surface area contributed by atoms with Crippen LogP contribution in [0.3, 0.4) is 0 Å². The van der Waals surface area contributed by atoms with Crippen LogP contribution in [0.15, 0.2) is 91.5 Å². The molecule has 3 aliphatic rings. The number of hydrogen-bond acceptors (Lipinski definition) is 6. The maximum absolute atomic E-state index is 7.01. The van der Waals surface area contributed by atoms with E-state index in [1.165, 1.54) is 5.56 Å². The fourth-order valence-electron chi connectivity index (χ4n) is 7.61. The number of allylic oxidation sites excluding steroid dienone is 1. The summed E-state index contributed by atoms with van der Waals surface area (Å²) in [6.07, 6.45) is 0. The summed E-state index contributed by atoms with van der Waals surface area (Å²) < 4.78 is 38.0. The van der Waals surface area contributed by atoms with Crippen LogP contribution in [0.2, 0.25) is 0 Å². The fourth-order valence-corrected chi connectivity index (χ4v) is 7.61. The van der Waals surface area contributed by atoms with Gasteiger partial charge in [-0.1, -0.05) is 118 Å². The van der Waals surface area contributed by atoms with Gasteiger partial charge in [0.05, 0.1) is 26.4 Å². The van der Waals surface area contributed by atoms with Crippen LogP contribution < -0.4 is 10.9 Å². The molecule has 4 aromatic carbocycles. The van der Waals surface area contributed by atoms with Crippen molar-refractivity contribution in [3.63, 3.8) is 0 Å². The largest absolute Gasteiger partial charge is 0.494 e. The first-order chi connectivity index (χ1) is 22.6. The number of hydrogen-bond donors (Lipinski definition) is 0. The molecule has 0 radical (unpaired) electrons. The van der Waals surface area contributed by atoms with Crippen molar-refractivity contribution in [2.75, 3.05) is 40.6 Å². The van der Waals surface area contributed by atoms with E-state index in [4.69, 9.17) is 28.1 Å². The molecule has 0 amide bonds. The normalized spacial score (nSPS) is 22.3. The minimum absolute atomic E-state index is 0.0208. The van der Waals surface area contributed by atoms with Gasteiger partial charge in [-0.25, -0.2) is 0 Å². The molecule has 2 atom stereocenters. The van der Waals surface area contributed by atoms with Crippen molar-refractivity contribution in [3.05, 3.63) is 125 Å². The van der Waals surface area contributed by atoms with Crippen LogP contribution in [0.4, 0.5) is 0 Å². The molecule has 0 saturated carbocycles. The quantitative estimate of drug-likeness (QED) is 0.236. The van der Waals surface area contributed by atoms with E-state index in [-0.39, 0.29) is 5.41 Å². The lowest BCUT2D eigenvalue weighted by Crippen LogP contribution is -2.56. The molecule has 0 bridgehead atoms. The summed E-state index contributed by atoms with van der Waals surface area (Å²) in [6, 6.07) is 30.2. The Morgan fingerprint density at radius 2 is 1.04 bits per heavy atom. The van der Waals surface area contributed by atoms with Crippen molar-refractivity contribution in [1.82, 2.24) is 0 Å². The van der Waals surface area contributed by atoms with Gasteiger partial charge in [0.2, 0.25) is 0 Å². The topological polar surface area (TPSA) is 55.4 Å². The molecule has 0 spiro atoms. The molecule has 6 nitrogen and oxygen atoms in total. The standard InChI is InChI=1S/C39H42B2O6/c1-26(2)27-8-10-29(11-9-27)38(42-6)35-24-31(40-44-20-21-45-40)16-18-33(35)34-19-17-32(41-46-22-23-47-41)25-36(34)39(38,43-7)30-14-12-28(13-15-30)37(3,4)5/h8-19,24-25H,1,20-23H2,2-7H3. The van der Waals surface area contributed by atoms with Crippen molar-refractivity contribution in [1.29, 1.82) is 0 Å². The smallest absolute Gasteiger partial charge is 0.405 e. The maximum Gasteiger partial charge on any atom is 0.494 e. The van der Waals surface area contributed by atoms with Gasteiger partial charge in [-0.3, -0.25) is 0 Å². The second kappa shape index (κ2) is 12.2. The first-order valence-corrected chi connectivity index (χ1v) is 16.4. The minimum atomic E-state index is -1.15. The molecule has 0 N–H and O–H groups in total. The Labute approximate surface area is 279 Å². The Morgan fingerprint density at radius 3 is 1.40 bits per heavy atom. The van der Waals surface area contributed by atoms with Crippen LogP contribution in [0, 0.1) is 0 Å². The van der Waals surface area contributed by atoms with Gasteiger partial charge in [-0.2, -0.15) is 0 Å². The summed E-state index contributed by atoms with van der Waals surface area (Å²) in [5.74, 6) is 0. The van der Waals surface area contributed by atoms with Crippen LogP contribution in [0.25, 0.3) is 16.7 Å². The highest BCUT2D eigenvalue weighted by Gasteiger charge is 2.61. The maximum atomic E-state index is 7.01. The van der Waals surface area contributed by atoms with Crippen LogP contribution in [0.5, 0.6) is 0 Å². The van der Waals surface area contributed by atoms with Gasteiger partial charge in [0, 0.05) is 14.2 Å². The SMILES string of the molecule is C=C(C)c1ccc(C2(OC)c3cc(B4OCCO4)ccc3-c3ccc(B4OCCO4)cc3C2(OC)c2ccc(C(C)(C)C)cc2)cc1. The van der Waals surface area contributed by atoms with Crippen molar-refractivity contribution in [2.45, 2.75) is 44.3 Å². The molecule has 2 heterocycles. The van der Waals surface area contributed by atoms with Gasteiger partial charge in [-0.15, -0.1) is 0 Å². The van der Waals surface area contributed by atoms with Crippen molar-refractivity contribution >= 4 is 30.7 Å². The first-order valence-electron chi connectivity index (χ1n) is 16.4. The highest BCUT2D eigenvalue weighted by Crippen LogP contribution is 2.60. The Hall–Kier alpha value is -3.49. The van der Waals surface area contributed by atoms with E-state index in [2.05, 4.69) is 112 Å². The zero-order valence-corrected chi connectivity index (χ0v) is 28.2. The van der Waals surface area contributed by atoms with Gasteiger partial charge in [0.25, 0.3) is 0 Å². The highest BCUT2D eigenvalue weighted by molar-refractivity contribution is 6.62. The molecular weight excluding hydrogens is 586 g/mol. The summed E-state index contributed by atoms with van der Waals surface area (Å²) >= 11 is 0. The molecular formula is C39H42B2O6. The van der Waals surface area contributed by atoms with Crippen LogP contribution in [-0.4, -0.2) is 54.9 Å². The minimum Gasteiger partial charge on any atom is -0.405 e. The summed E-state index contributed by atoms with van der Waals surface area (Å²) in [5, 5.41) is 0. The lowest BCUT2D eigenvalue weighted by Gasteiger charge is -2.54. The van der Waals surface area contributed by atoms with E-state index in [9.17, 15) is 0 Å². The van der Waals surface area contributed by atoms with E-state index in [1.807, 2.05) is 6.92 Å². The van der Waals surface area contributed by atoms with E-state index >= 15 is 0 Å². The van der Waals surface area contributed by atoms with Gasteiger partial charge in [0.1, 0.15) is 0 Å². The van der Waals surface area contributed by atoms with Crippen molar-refractivity contribution in [2.24, 2.45) is 0 Å². The second-order valence-electron chi connectivity index (χ2n) is 13.7. The molecule has 240 valence electrons. The molecule has 8 heteroatoms. The molecule has 2 unspecified atom stereocenters. The van der Waals surface area contributed by atoms with Gasteiger partial charge in [0.15, 0.2) is 11.2 Å². The van der Waals surface area contributed by atoms with Crippen LogP contribution in [-0.2, 0) is 44.7 Å². The lowest BCUT2D eigenvalue weighted by molar-refractivity contribution is -0.154. The molecule has 2 saturated heterocycles. The molecule has 4 aromatic rings. The number of methoxy groups -OCH3 is 2. The third kappa shape index (κ3) is 5.05. The van der Waals surface area contributed by atoms with Crippen molar-refractivity contribution < 1.29 is 28.1 Å². The van der Waals surface area contributed by atoms with Gasteiger partial charge < -0.3 is 28.1 Å². The Balaban J connectivity index is 1.59. The third-order valence-corrected chi connectivity index (χ3v) is 9.97. The second-order valence-corrected chi connectivity index (χ2v) is 13.7. The van der Waals surface area contributed by atoms with Crippen LogP contribution >= 0.6 is 0 Å². The third-order valence-electron chi connectivity index (χ3n) is 9.97. The number of fused-ring (bicyclic) bond motifs is 3. The predicted molar refractivity (Wildman–Crippen MR) is 188 cm³/mol. The van der Waals surface area contributed by atoms with Gasteiger partial charge >= 0.3 is 14.2 Å². The monoisotopic (exact) mass is 628 g/mol. The number of ether oxygens (including phenoxy) is 2. The average Bonchev–Trinajstić information content (AvgIpc) is 3.83. The fraction of sp³-hybridized carbons (Fsp3) is 0.333. The summed E-state index contributed by atoms with van der Waals surface area (Å²) in [7, 11) is 2.65. The summed E-state index contributed by atoms with van der Waals surface area (Å²) in [4.78, 5) is 0. The van der Waals surface area contributed by atoms with Crippen molar-refractivity contribution in [3.8, 4) is 11.1 Å². The Morgan fingerprint density at radius 1 is 0.638 bits per heavy atom. The van der Waals surface area contributed by atoms with E-state index in [0.29, 0.717) is 26.4 Å². The molecule has 0 aromatic heterocycles. The Kier molecular flexibility index (Phi) is 8.32. The van der Waals surface area contributed by atoms with E-state index < -0.39 is 25.4 Å². The van der Waals surface area contributed by atoms with E-state index in [1.54, 1.807) is 14.2 Å². The van der Waals surface area contributed by atoms with E-state index in [0.717, 1.165) is 55.4 Å². The number of rotatable bonds is 7. The number of benzene rings is 4. The van der Waals surface area contributed by atoms with Gasteiger partial charge in [-0.05, 0) is 67.8 Å². The highest BCUT2D eigenvalue weighted by atomic mass is 16.6. The molecule has 2 aliphatic heterocycles. The lowest BCUT2D eigenvalue weighted by atomic mass is 9.58. The zero-order valence-electron chi connectivity index (χ0n) is 28.2. The summed E-state index contributed by atoms with van der Waals surface area (Å²) in [5.41, 5.74) is 8.80. The molecule has 1 aliphatic carbocycles. The first kappa shape index (κ1) is 32.1. The summed E-state index contributed by atoms with van der Waals surface area (Å²) in [6.45, 7) is 15.1. The molecule has 7 rings (SSSR count). The molecule has 47 heavy (non-hydrogen) atoms. The Bertz CT molecular complexity index is 1790. The predicted octanol–water partition coefficient (Wildman–Crippen LogP) is 5.96. The zero-order chi connectivity index (χ0) is 33.0. The van der Waals surface area contributed by atoms with Crippen LogP contribution in [0.1, 0.15) is 61.1 Å². The molecule has 2 fully saturated rings. The average molecular weight is 628 g/mol.